The van der Waals surface area contributed by atoms with Crippen molar-refractivity contribution in [3.05, 3.63) is 35.4 Å². The Kier molecular flexibility index (Phi) is 3.53. The lowest BCUT2D eigenvalue weighted by atomic mass is 9.82. The maximum Gasteiger partial charge on any atom is 0.0780 e. The van der Waals surface area contributed by atoms with Crippen molar-refractivity contribution in [2.24, 2.45) is 11.1 Å². The number of aliphatic hydroxyl groups is 1. The number of nitrogens with two attached hydrogens (primary N) is 1. The molecule has 1 rings (SSSR count). The highest BCUT2D eigenvalue weighted by atomic mass is 16.3. The van der Waals surface area contributed by atoms with Crippen LogP contribution >= 0.6 is 0 Å². The summed E-state index contributed by atoms with van der Waals surface area (Å²) in [6.45, 7) is 8.01. The van der Waals surface area contributed by atoms with E-state index in [0.717, 1.165) is 5.56 Å². The molecule has 0 saturated carbocycles. The molecule has 2 heteroatoms. The molecule has 0 aliphatic rings. The number of aryl methyl sites for hydroxylation is 1. The van der Waals surface area contributed by atoms with Crippen LogP contribution in [-0.2, 0) is 0 Å². The molecule has 2 atom stereocenters. The van der Waals surface area contributed by atoms with Crippen molar-refractivity contribution in [1.29, 1.82) is 0 Å². The highest BCUT2D eigenvalue weighted by molar-refractivity contribution is 5.24. The third kappa shape index (κ3) is 3.05. The first-order valence-corrected chi connectivity index (χ1v) is 5.32. The minimum Gasteiger partial charge on any atom is -0.391 e. The van der Waals surface area contributed by atoms with Crippen molar-refractivity contribution in [2.45, 2.75) is 39.8 Å². The second kappa shape index (κ2) is 4.33. The van der Waals surface area contributed by atoms with Gasteiger partial charge in [0.05, 0.1) is 12.1 Å². The second-order valence-electron chi connectivity index (χ2n) is 5.25. The van der Waals surface area contributed by atoms with Gasteiger partial charge in [0.2, 0.25) is 0 Å². The maximum absolute atomic E-state index is 10.1. The van der Waals surface area contributed by atoms with Crippen molar-refractivity contribution < 1.29 is 5.11 Å². The molecule has 0 bridgehead atoms. The average molecular weight is 207 g/mol. The van der Waals surface area contributed by atoms with Crippen LogP contribution in [0, 0.1) is 12.3 Å². The fourth-order valence-electron chi connectivity index (χ4n) is 1.51. The van der Waals surface area contributed by atoms with Gasteiger partial charge in [0.1, 0.15) is 0 Å². The Morgan fingerprint density at radius 2 is 1.60 bits per heavy atom. The van der Waals surface area contributed by atoms with Gasteiger partial charge in [-0.2, -0.15) is 0 Å². The van der Waals surface area contributed by atoms with Gasteiger partial charge in [-0.1, -0.05) is 50.6 Å². The topological polar surface area (TPSA) is 46.2 Å². The Hall–Kier alpha value is -0.860. The van der Waals surface area contributed by atoms with Crippen LogP contribution in [0.25, 0.3) is 0 Å². The van der Waals surface area contributed by atoms with Crippen LogP contribution in [0.4, 0.5) is 0 Å². The van der Waals surface area contributed by atoms with Gasteiger partial charge in [-0.3, -0.25) is 0 Å². The molecule has 0 fully saturated rings. The molecule has 0 spiro atoms. The quantitative estimate of drug-likeness (QED) is 0.782. The summed E-state index contributed by atoms with van der Waals surface area (Å²) in [5.41, 5.74) is 8.03. The van der Waals surface area contributed by atoms with E-state index >= 15 is 0 Å². The van der Waals surface area contributed by atoms with E-state index in [1.165, 1.54) is 5.56 Å². The zero-order chi connectivity index (χ0) is 11.6. The van der Waals surface area contributed by atoms with Gasteiger partial charge in [-0.25, -0.2) is 0 Å². The van der Waals surface area contributed by atoms with E-state index < -0.39 is 6.10 Å². The van der Waals surface area contributed by atoms with Crippen LogP contribution in [0.15, 0.2) is 24.3 Å². The third-order valence-electron chi connectivity index (χ3n) is 2.69. The Bertz CT molecular complexity index is 310. The SMILES string of the molecule is Cc1ccc([C@@H](N)[C@@H](O)C(C)(C)C)cc1. The van der Waals surface area contributed by atoms with Crippen LogP contribution in [0.2, 0.25) is 0 Å². The van der Waals surface area contributed by atoms with Gasteiger partial charge >= 0.3 is 0 Å². The third-order valence-corrected chi connectivity index (χ3v) is 2.69. The molecule has 1 aromatic rings. The van der Waals surface area contributed by atoms with Crippen LogP contribution in [0.3, 0.4) is 0 Å². The molecule has 0 saturated heterocycles. The van der Waals surface area contributed by atoms with Gasteiger partial charge in [0.25, 0.3) is 0 Å². The second-order valence-corrected chi connectivity index (χ2v) is 5.25. The molecule has 0 aliphatic heterocycles. The molecule has 0 heterocycles. The molecule has 0 aliphatic carbocycles. The van der Waals surface area contributed by atoms with E-state index in [1.807, 2.05) is 52.0 Å². The minimum absolute atomic E-state index is 0.190. The summed E-state index contributed by atoms with van der Waals surface area (Å²) < 4.78 is 0. The number of rotatable bonds is 2. The average Bonchev–Trinajstić information content (AvgIpc) is 2.15. The van der Waals surface area contributed by atoms with E-state index in [1.54, 1.807) is 0 Å². The largest absolute Gasteiger partial charge is 0.391 e. The molecule has 1 aromatic carbocycles. The van der Waals surface area contributed by atoms with Crippen LogP contribution < -0.4 is 5.73 Å². The molecular weight excluding hydrogens is 186 g/mol. The Morgan fingerprint density at radius 1 is 1.13 bits per heavy atom. The summed E-state index contributed by atoms with van der Waals surface area (Å²) in [5, 5.41) is 10.1. The first kappa shape index (κ1) is 12.2. The molecule has 0 unspecified atom stereocenters. The van der Waals surface area contributed by atoms with E-state index in [9.17, 15) is 5.11 Å². The highest BCUT2D eigenvalue weighted by Crippen LogP contribution is 2.28. The molecule has 0 radical (unpaired) electrons. The molecular formula is C13H21NO. The summed E-state index contributed by atoms with van der Waals surface area (Å²) in [6, 6.07) is 7.68. The number of aliphatic hydroxyl groups excluding tert-OH is 1. The zero-order valence-electron chi connectivity index (χ0n) is 9.99. The zero-order valence-corrected chi connectivity index (χ0v) is 9.99. The normalized spacial score (nSPS) is 16.1. The maximum atomic E-state index is 10.1. The van der Waals surface area contributed by atoms with Gasteiger partial charge in [0, 0.05) is 0 Å². The van der Waals surface area contributed by atoms with Gasteiger partial charge in [0.15, 0.2) is 0 Å². The van der Waals surface area contributed by atoms with E-state index in [2.05, 4.69) is 0 Å². The summed E-state index contributed by atoms with van der Waals surface area (Å²) in [7, 11) is 0. The molecule has 2 nitrogen and oxygen atoms in total. The standard InChI is InChI=1S/C13H21NO/c1-9-5-7-10(8-6-9)11(14)12(15)13(2,3)4/h5-8,11-12,15H,14H2,1-4H3/t11-,12-/m1/s1. The number of hydrogen-bond acceptors (Lipinski definition) is 2. The molecule has 0 amide bonds. The lowest BCUT2D eigenvalue weighted by Gasteiger charge is -2.31. The molecule has 15 heavy (non-hydrogen) atoms. The van der Waals surface area contributed by atoms with Crippen molar-refractivity contribution in [1.82, 2.24) is 0 Å². The predicted octanol–water partition coefficient (Wildman–Crippen LogP) is 2.40. The molecule has 0 aromatic heterocycles. The lowest BCUT2D eigenvalue weighted by molar-refractivity contribution is 0.0401. The summed E-state index contributed by atoms with van der Waals surface area (Å²) >= 11 is 0. The first-order chi connectivity index (χ1) is 6.82. The van der Waals surface area contributed by atoms with Crippen LogP contribution in [0.1, 0.15) is 37.9 Å². The molecule has 3 N–H and O–H groups in total. The minimum atomic E-state index is -0.528. The Morgan fingerprint density at radius 3 is 2.00 bits per heavy atom. The first-order valence-electron chi connectivity index (χ1n) is 5.32. The van der Waals surface area contributed by atoms with E-state index in [-0.39, 0.29) is 11.5 Å². The van der Waals surface area contributed by atoms with Gasteiger partial charge < -0.3 is 10.8 Å². The van der Waals surface area contributed by atoms with Crippen molar-refractivity contribution in [3.63, 3.8) is 0 Å². The lowest BCUT2D eigenvalue weighted by Crippen LogP contribution is -2.36. The fraction of sp³-hybridized carbons (Fsp3) is 0.538. The van der Waals surface area contributed by atoms with Crippen molar-refractivity contribution in [2.75, 3.05) is 0 Å². The predicted molar refractivity (Wildman–Crippen MR) is 63.6 cm³/mol. The smallest absolute Gasteiger partial charge is 0.0780 e. The monoisotopic (exact) mass is 207 g/mol. The van der Waals surface area contributed by atoms with Crippen LogP contribution in [-0.4, -0.2) is 11.2 Å². The van der Waals surface area contributed by atoms with Gasteiger partial charge in [-0.05, 0) is 17.9 Å². The highest BCUT2D eigenvalue weighted by Gasteiger charge is 2.28. The van der Waals surface area contributed by atoms with Crippen molar-refractivity contribution in [3.8, 4) is 0 Å². The summed E-state index contributed by atoms with van der Waals surface area (Å²) in [5.74, 6) is 0. The summed E-state index contributed by atoms with van der Waals surface area (Å²) in [4.78, 5) is 0. The Balaban J connectivity index is 2.85. The van der Waals surface area contributed by atoms with E-state index in [4.69, 9.17) is 5.73 Å². The van der Waals surface area contributed by atoms with Gasteiger partial charge in [-0.15, -0.1) is 0 Å². The number of benzene rings is 1. The molecule has 84 valence electrons. The number of hydrogen-bond donors (Lipinski definition) is 2. The van der Waals surface area contributed by atoms with E-state index in [0.29, 0.717) is 0 Å². The Labute approximate surface area is 92.1 Å². The van der Waals surface area contributed by atoms with Crippen LogP contribution in [0.5, 0.6) is 0 Å². The van der Waals surface area contributed by atoms with Crippen molar-refractivity contribution >= 4 is 0 Å². The summed E-state index contributed by atoms with van der Waals surface area (Å²) in [6.07, 6.45) is -0.528. The fourth-order valence-corrected chi connectivity index (χ4v) is 1.51.